The molecule has 0 bridgehead atoms. The molecule has 1 fully saturated rings. The van der Waals surface area contributed by atoms with Crippen LogP contribution in [0.4, 0.5) is 0 Å². The van der Waals surface area contributed by atoms with Crippen LogP contribution in [0.3, 0.4) is 0 Å². The molecule has 25 heavy (non-hydrogen) atoms. The van der Waals surface area contributed by atoms with Gasteiger partial charge in [0, 0.05) is 5.41 Å². The van der Waals surface area contributed by atoms with Gasteiger partial charge in [-0.15, -0.1) is 0 Å². The summed E-state index contributed by atoms with van der Waals surface area (Å²) in [6, 6.07) is 8.12. The van der Waals surface area contributed by atoms with Crippen LogP contribution in [-0.2, 0) is 10.2 Å². The molecule has 1 aliphatic rings. The molecule has 1 aromatic rings. The monoisotopic (exact) mass is 344 g/mol. The molecular formula is C23H36O2. The summed E-state index contributed by atoms with van der Waals surface area (Å²) in [5, 5.41) is 9.95. The maximum Gasteiger partial charge on any atom is 0.139 e. The van der Waals surface area contributed by atoms with Crippen LogP contribution in [0.1, 0.15) is 77.8 Å². The average Bonchev–Trinajstić information content (AvgIpc) is 2.95. The summed E-state index contributed by atoms with van der Waals surface area (Å²) >= 11 is 0. The minimum absolute atomic E-state index is 0.207. The number of carbonyl (C=O) groups excluding carboxylic acids is 1. The SMILES string of the molecule is C/C=C\CC1CC[C@@](O)(CC)C1.CC(=O)C(C)(C)c1cccc(C)c1. The molecule has 1 saturated carbocycles. The van der Waals surface area contributed by atoms with Crippen molar-refractivity contribution in [3.05, 3.63) is 47.5 Å². The van der Waals surface area contributed by atoms with Crippen molar-refractivity contribution in [2.75, 3.05) is 0 Å². The Morgan fingerprint density at radius 2 is 2.08 bits per heavy atom. The summed E-state index contributed by atoms with van der Waals surface area (Å²) in [7, 11) is 0. The van der Waals surface area contributed by atoms with Crippen molar-refractivity contribution in [2.45, 2.75) is 84.7 Å². The zero-order chi connectivity index (χ0) is 19.1. The Labute approximate surface area is 154 Å². The molecule has 0 spiro atoms. The lowest BCUT2D eigenvalue weighted by atomic mass is 9.81. The lowest BCUT2D eigenvalue weighted by Gasteiger charge is -2.21. The van der Waals surface area contributed by atoms with Crippen LogP contribution in [0.5, 0.6) is 0 Å². The molecule has 1 aliphatic carbocycles. The molecule has 2 heteroatoms. The number of hydrogen-bond donors (Lipinski definition) is 1. The van der Waals surface area contributed by atoms with E-state index in [4.69, 9.17) is 0 Å². The number of allylic oxidation sites excluding steroid dienone is 2. The second-order valence-electron chi connectivity index (χ2n) is 8.04. The number of carbonyl (C=O) groups is 1. The van der Waals surface area contributed by atoms with Gasteiger partial charge in [-0.25, -0.2) is 0 Å². The van der Waals surface area contributed by atoms with Gasteiger partial charge in [-0.1, -0.05) is 48.9 Å². The molecule has 0 aromatic heterocycles. The Hall–Kier alpha value is -1.41. The van der Waals surface area contributed by atoms with E-state index >= 15 is 0 Å². The third-order valence-corrected chi connectivity index (χ3v) is 5.67. The van der Waals surface area contributed by atoms with Gasteiger partial charge < -0.3 is 5.11 Å². The van der Waals surface area contributed by atoms with Gasteiger partial charge in [-0.3, -0.25) is 4.79 Å². The highest BCUT2D eigenvalue weighted by Crippen LogP contribution is 2.38. The molecule has 2 rings (SSSR count). The predicted molar refractivity (Wildman–Crippen MR) is 107 cm³/mol. The van der Waals surface area contributed by atoms with Gasteiger partial charge in [0.15, 0.2) is 0 Å². The van der Waals surface area contributed by atoms with E-state index in [0.717, 1.165) is 37.2 Å². The van der Waals surface area contributed by atoms with E-state index in [1.54, 1.807) is 6.92 Å². The zero-order valence-corrected chi connectivity index (χ0v) is 16.9. The quantitative estimate of drug-likeness (QED) is 0.690. The summed E-state index contributed by atoms with van der Waals surface area (Å²) in [6.07, 6.45) is 9.60. The van der Waals surface area contributed by atoms with E-state index in [0.29, 0.717) is 0 Å². The Morgan fingerprint density at radius 3 is 2.56 bits per heavy atom. The number of ketones is 1. The van der Waals surface area contributed by atoms with Crippen LogP contribution in [0.2, 0.25) is 0 Å². The maximum absolute atomic E-state index is 11.4. The average molecular weight is 345 g/mol. The summed E-state index contributed by atoms with van der Waals surface area (Å²) < 4.78 is 0. The molecule has 0 saturated heterocycles. The van der Waals surface area contributed by atoms with Crippen LogP contribution < -0.4 is 0 Å². The molecule has 2 nitrogen and oxygen atoms in total. The van der Waals surface area contributed by atoms with Crippen LogP contribution in [-0.4, -0.2) is 16.5 Å². The van der Waals surface area contributed by atoms with Crippen molar-refractivity contribution in [1.82, 2.24) is 0 Å². The van der Waals surface area contributed by atoms with Crippen LogP contribution >= 0.6 is 0 Å². The van der Waals surface area contributed by atoms with Crippen molar-refractivity contribution >= 4 is 5.78 Å². The number of aryl methyl sites for hydroxylation is 1. The third kappa shape index (κ3) is 6.43. The van der Waals surface area contributed by atoms with Gasteiger partial charge in [-0.05, 0) is 78.2 Å². The van der Waals surface area contributed by atoms with Gasteiger partial charge in [0.25, 0.3) is 0 Å². The molecule has 1 unspecified atom stereocenters. The third-order valence-electron chi connectivity index (χ3n) is 5.67. The van der Waals surface area contributed by atoms with Crippen molar-refractivity contribution in [2.24, 2.45) is 5.92 Å². The van der Waals surface area contributed by atoms with Crippen LogP contribution in [0.25, 0.3) is 0 Å². The van der Waals surface area contributed by atoms with E-state index in [9.17, 15) is 9.90 Å². The van der Waals surface area contributed by atoms with E-state index in [1.807, 2.05) is 39.0 Å². The van der Waals surface area contributed by atoms with Gasteiger partial charge in [-0.2, -0.15) is 0 Å². The summed E-state index contributed by atoms with van der Waals surface area (Å²) in [4.78, 5) is 11.4. The van der Waals surface area contributed by atoms with E-state index in [-0.39, 0.29) is 16.8 Å². The van der Waals surface area contributed by atoms with Crippen molar-refractivity contribution in [1.29, 1.82) is 0 Å². The van der Waals surface area contributed by atoms with Crippen LogP contribution in [0, 0.1) is 12.8 Å². The Balaban J connectivity index is 0.000000251. The second kappa shape index (κ2) is 9.33. The van der Waals surface area contributed by atoms with E-state index in [2.05, 4.69) is 32.1 Å². The standard InChI is InChI=1S/C12H16O.C11H20O/c1-9-6-5-7-11(8-9)12(3,4)10(2)13;1-3-5-6-10-7-8-11(12,4-2)9-10/h5-8H,1-4H3;3,5,10,12H,4,6-9H2,1-2H3/b;5-3-/t;10?,11-/m.0/s1. The molecule has 0 aliphatic heterocycles. The smallest absolute Gasteiger partial charge is 0.139 e. The molecule has 0 radical (unpaired) electrons. The minimum Gasteiger partial charge on any atom is -0.390 e. The summed E-state index contributed by atoms with van der Waals surface area (Å²) in [5.74, 6) is 0.934. The summed E-state index contributed by atoms with van der Waals surface area (Å²) in [5.41, 5.74) is 1.62. The van der Waals surface area contributed by atoms with Crippen molar-refractivity contribution < 1.29 is 9.90 Å². The highest BCUT2D eigenvalue weighted by Gasteiger charge is 2.34. The fourth-order valence-corrected chi connectivity index (χ4v) is 3.30. The first-order valence-corrected chi connectivity index (χ1v) is 9.56. The number of aliphatic hydroxyl groups is 1. The molecule has 2 atom stereocenters. The second-order valence-corrected chi connectivity index (χ2v) is 8.04. The fraction of sp³-hybridized carbons (Fsp3) is 0.609. The molecule has 1 N–H and O–H groups in total. The van der Waals surface area contributed by atoms with Gasteiger partial charge >= 0.3 is 0 Å². The number of hydrogen-bond acceptors (Lipinski definition) is 2. The lowest BCUT2D eigenvalue weighted by molar-refractivity contribution is -0.121. The van der Waals surface area contributed by atoms with Gasteiger partial charge in [0.2, 0.25) is 0 Å². The lowest BCUT2D eigenvalue weighted by Crippen LogP contribution is -2.26. The van der Waals surface area contributed by atoms with Crippen LogP contribution in [0.15, 0.2) is 36.4 Å². The Kier molecular flexibility index (Phi) is 8.08. The number of benzene rings is 1. The zero-order valence-electron chi connectivity index (χ0n) is 16.9. The molecule has 140 valence electrons. The fourth-order valence-electron chi connectivity index (χ4n) is 3.30. The number of Topliss-reactive ketones (excluding diaryl/α,β-unsaturated/α-hetero) is 1. The normalized spacial score (nSPS) is 23.4. The molecule has 1 aromatic carbocycles. The first-order valence-electron chi connectivity index (χ1n) is 9.56. The Bertz CT molecular complexity index is 586. The predicted octanol–water partition coefficient (Wildman–Crippen LogP) is 5.76. The summed E-state index contributed by atoms with van der Waals surface area (Å²) in [6.45, 7) is 11.7. The minimum atomic E-state index is -0.355. The molecular weight excluding hydrogens is 308 g/mol. The van der Waals surface area contributed by atoms with E-state index < -0.39 is 0 Å². The first-order chi connectivity index (χ1) is 11.6. The highest BCUT2D eigenvalue weighted by molar-refractivity contribution is 5.87. The maximum atomic E-state index is 11.4. The molecule has 0 heterocycles. The number of rotatable bonds is 5. The topological polar surface area (TPSA) is 37.3 Å². The molecule has 0 amide bonds. The largest absolute Gasteiger partial charge is 0.390 e. The first kappa shape index (κ1) is 21.6. The van der Waals surface area contributed by atoms with Gasteiger partial charge in [0.05, 0.1) is 5.60 Å². The van der Waals surface area contributed by atoms with Gasteiger partial charge in [0.1, 0.15) is 5.78 Å². The van der Waals surface area contributed by atoms with Crippen molar-refractivity contribution in [3.63, 3.8) is 0 Å². The Morgan fingerprint density at radius 1 is 1.40 bits per heavy atom. The van der Waals surface area contributed by atoms with Crippen molar-refractivity contribution in [3.8, 4) is 0 Å². The van der Waals surface area contributed by atoms with E-state index in [1.165, 1.54) is 12.0 Å². The highest BCUT2D eigenvalue weighted by atomic mass is 16.3.